The molecular weight excluding hydrogens is 344 g/mol. The average Bonchev–Trinajstić information content (AvgIpc) is 3.13. The molecule has 140 valence electrons. The van der Waals surface area contributed by atoms with Gasteiger partial charge in [-0.3, -0.25) is 19.7 Å². The number of nitrogens with zero attached hydrogens (tertiary/aromatic N) is 5. The first-order valence-corrected chi connectivity index (χ1v) is 9.25. The maximum absolute atomic E-state index is 12.7. The fourth-order valence-electron chi connectivity index (χ4n) is 3.79. The summed E-state index contributed by atoms with van der Waals surface area (Å²) in [5, 5.41) is 3.21. The van der Waals surface area contributed by atoms with Crippen LogP contribution < -0.4 is 5.56 Å². The molecule has 0 radical (unpaired) electrons. The van der Waals surface area contributed by atoms with Crippen molar-refractivity contribution in [3.63, 3.8) is 0 Å². The summed E-state index contributed by atoms with van der Waals surface area (Å²) in [6, 6.07) is 1.93. The molecule has 4 rings (SSSR count). The van der Waals surface area contributed by atoms with Crippen molar-refractivity contribution in [2.75, 3.05) is 13.1 Å². The molecule has 8 nitrogen and oxygen atoms in total. The van der Waals surface area contributed by atoms with Crippen LogP contribution in [0.15, 0.2) is 29.5 Å². The first-order chi connectivity index (χ1) is 13.1. The van der Waals surface area contributed by atoms with E-state index in [-0.39, 0.29) is 17.4 Å². The lowest BCUT2D eigenvalue weighted by molar-refractivity contribution is 0.0699. The van der Waals surface area contributed by atoms with Crippen LogP contribution in [0.3, 0.4) is 0 Å². The predicted octanol–water partition coefficient (Wildman–Crippen LogP) is 1.70. The molecule has 1 amide bonds. The molecule has 1 aliphatic rings. The normalized spacial score (nSPS) is 17.4. The predicted molar refractivity (Wildman–Crippen MR) is 99.8 cm³/mol. The summed E-state index contributed by atoms with van der Waals surface area (Å²) < 4.78 is 1.52. The number of likely N-dealkylation sites (tertiary alicyclic amines) is 1. The van der Waals surface area contributed by atoms with Crippen molar-refractivity contribution < 1.29 is 4.79 Å². The average molecular weight is 366 g/mol. The van der Waals surface area contributed by atoms with Crippen LogP contribution in [0.1, 0.15) is 53.1 Å². The van der Waals surface area contributed by atoms with Crippen molar-refractivity contribution in [2.24, 2.45) is 0 Å². The van der Waals surface area contributed by atoms with Crippen LogP contribution in [0.4, 0.5) is 0 Å². The summed E-state index contributed by atoms with van der Waals surface area (Å²) in [6.45, 7) is 5.10. The molecule has 1 atom stereocenters. The van der Waals surface area contributed by atoms with Crippen LogP contribution in [0, 0.1) is 6.92 Å². The van der Waals surface area contributed by atoms with Crippen LogP contribution in [0.5, 0.6) is 0 Å². The van der Waals surface area contributed by atoms with E-state index in [0.29, 0.717) is 30.9 Å². The van der Waals surface area contributed by atoms with E-state index in [4.69, 9.17) is 0 Å². The Balaban J connectivity index is 1.63. The van der Waals surface area contributed by atoms with Gasteiger partial charge in [-0.2, -0.15) is 0 Å². The molecule has 0 bridgehead atoms. The van der Waals surface area contributed by atoms with E-state index in [1.165, 1.54) is 16.9 Å². The number of H-pyrrole nitrogens is 1. The molecule has 1 fully saturated rings. The molecule has 3 aromatic rings. The van der Waals surface area contributed by atoms with E-state index in [1.807, 2.05) is 24.8 Å². The lowest BCUT2D eigenvalue weighted by Crippen LogP contribution is -2.39. The smallest absolute Gasteiger partial charge is 0.276 e. The zero-order chi connectivity index (χ0) is 19.0. The third-order valence-corrected chi connectivity index (χ3v) is 5.22. The van der Waals surface area contributed by atoms with Crippen molar-refractivity contribution in [3.05, 3.63) is 57.7 Å². The second-order valence-electron chi connectivity index (χ2n) is 6.92. The number of hydrogen-bond acceptors (Lipinski definition) is 5. The molecule has 4 heterocycles. The Morgan fingerprint density at radius 2 is 2.22 bits per heavy atom. The second kappa shape index (κ2) is 6.94. The summed E-state index contributed by atoms with van der Waals surface area (Å²) in [5.74, 6) is 0.0224. The van der Waals surface area contributed by atoms with Gasteiger partial charge in [0.25, 0.3) is 11.5 Å². The number of carbonyl (C=O) groups excluding carboxylic acids is 1. The second-order valence-corrected chi connectivity index (χ2v) is 6.92. The number of amides is 1. The Morgan fingerprint density at radius 3 is 2.96 bits per heavy atom. The standard InChI is InChI=1S/C19H22N6O2/c1-3-14-12(2)22-17-9-15(23-25(17)18(14)26)13-5-4-8-24(11-13)19(27)16-10-20-6-7-21-16/h6-7,9-10,13,23H,3-5,8,11H2,1-2H3/t13-/m0/s1. The minimum absolute atomic E-state index is 0.0467. The molecule has 1 aliphatic heterocycles. The maximum atomic E-state index is 12.7. The van der Waals surface area contributed by atoms with Gasteiger partial charge in [0.05, 0.1) is 6.20 Å². The first-order valence-electron chi connectivity index (χ1n) is 9.25. The van der Waals surface area contributed by atoms with Crippen molar-refractivity contribution in [3.8, 4) is 0 Å². The van der Waals surface area contributed by atoms with E-state index >= 15 is 0 Å². The Hall–Kier alpha value is -3.03. The number of carbonyl (C=O) groups is 1. The highest BCUT2D eigenvalue weighted by atomic mass is 16.2. The molecule has 8 heteroatoms. The Labute approximate surface area is 156 Å². The number of fused-ring (bicyclic) bond motifs is 1. The topological polar surface area (TPSA) is 96.2 Å². The SMILES string of the molecule is CCc1c(C)nc2cc([C@H]3CCCN(C(=O)c4cnccn4)C3)[nH]n2c1=O. The van der Waals surface area contributed by atoms with Gasteiger partial charge in [-0.1, -0.05) is 6.92 Å². The molecule has 0 aromatic carbocycles. The lowest BCUT2D eigenvalue weighted by atomic mass is 9.94. The summed E-state index contributed by atoms with van der Waals surface area (Å²) in [6.07, 6.45) is 7.07. The molecule has 27 heavy (non-hydrogen) atoms. The zero-order valence-electron chi connectivity index (χ0n) is 15.5. The van der Waals surface area contributed by atoms with Gasteiger partial charge in [-0.25, -0.2) is 14.5 Å². The first kappa shape index (κ1) is 17.4. The zero-order valence-corrected chi connectivity index (χ0v) is 15.5. The molecule has 0 unspecified atom stereocenters. The number of aromatic nitrogens is 5. The highest BCUT2D eigenvalue weighted by molar-refractivity contribution is 5.92. The van der Waals surface area contributed by atoms with E-state index < -0.39 is 0 Å². The molecule has 0 saturated carbocycles. The van der Waals surface area contributed by atoms with Gasteiger partial charge in [0, 0.05) is 54.4 Å². The monoisotopic (exact) mass is 366 g/mol. The molecule has 0 aliphatic carbocycles. The van der Waals surface area contributed by atoms with Gasteiger partial charge >= 0.3 is 0 Å². The quantitative estimate of drug-likeness (QED) is 0.761. The van der Waals surface area contributed by atoms with E-state index in [9.17, 15) is 9.59 Å². The third kappa shape index (κ3) is 3.11. The highest BCUT2D eigenvalue weighted by Gasteiger charge is 2.27. The molecule has 1 saturated heterocycles. The number of piperidine rings is 1. The highest BCUT2D eigenvalue weighted by Crippen LogP contribution is 2.27. The van der Waals surface area contributed by atoms with Crippen molar-refractivity contribution in [2.45, 2.75) is 39.0 Å². The molecule has 0 spiro atoms. The minimum atomic E-state index is -0.108. The van der Waals surface area contributed by atoms with Crippen LogP contribution in [0.25, 0.3) is 5.65 Å². The van der Waals surface area contributed by atoms with Crippen LogP contribution >= 0.6 is 0 Å². The fourth-order valence-corrected chi connectivity index (χ4v) is 3.79. The van der Waals surface area contributed by atoms with Crippen LogP contribution in [-0.2, 0) is 6.42 Å². The van der Waals surface area contributed by atoms with Gasteiger partial charge < -0.3 is 4.90 Å². The summed E-state index contributed by atoms with van der Waals surface area (Å²) in [5.41, 5.74) is 3.37. The number of aromatic amines is 1. The lowest BCUT2D eigenvalue weighted by Gasteiger charge is -2.31. The van der Waals surface area contributed by atoms with Crippen molar-refractivity contribution in [1.29, 1.82) is 0 Å². The number of aryl methyl sites for hydroxylation is 1. The Morgan fingerprint density at radius 1 is 1.37 bits per heavy atom. The minimum Gasteiger partial charge on any atom is -0.337 e. The fraction of sp³-hybridized carbons (Fsp3) is 0.421. The molecular formula is C19H22N6O2. The number of nitrogens with one attached hydrogen (secondary N) is 1. The summed E-state index contributed by atoms with van der Waals surface area (Å²) >= 11 is 0. The van der Waals surface area contributed by atoms with Crippen molar-refractivity contribution in [1.82, 2.24) is 29.5 Å². The van der Waals surface area contributed by atoms with Crippen molar-refractivity contribution >= 4 is 11.6 Å². The van der Waals surface area contributed by atoms with Gasteiger partial charge in [0.2, 0.25) is 0 Å². The van der Waals surface area contributed by atoms with E-state index in [0.717, 1.165) is 29.8 Å². The van der Waals surface area contributed by atoms with Crippen LogP contribution in [0.2, 0.25) is 0 Å². The van der Waals surface area contributed by atoms with E-state index in [1.54, 1.807) is 6.20 Å². The van der Waals surface area contributed by atoms with Gasteiger partial charge in [0.1, 0.15) is 5.69 Å². The maximum Gasteiger partial charge on any atom is 0.276 e. The van der Waals surface area contributed by atoms with Crippen LogP contribution in [-0.4, -0.2) is 48.5 Å². The third-order valence-electron chi connectivity index (χ3n) is 5.22. The van der Waals surface area contributed by atoms with Gasteiger partial charge in [-0.05, 0) is 26.2 Å². The number of hydrogen-bond donors (Lipinski definition) is 1. The largest absolute Gasteiger partial charge is 0.337 e. The molecule has 3 aromatic heterocycles. The van der Waals surface area contributed by atoms with E-state index in [2.05, 4.69) is 20.1 Å². The number of rotatable bonds is 3. The van der Waals surface area contributed by atoms with Gasteiger partial charge in [-0.15, -0.1) is 0 Å². The summed E-state index contributed by atoms with van der Waals surface area (Å²) in [4.78, 5) is 39.8. The summed E-state index contributed by atoms with van der Waals surface area (Å²) in [7, 11) is 0. The van der Waals surface area contributed by atoms with Gasteiger partial charge in [0.15, 0.2) is 5.65 Å². The molecule has 1 N–H and O–H groups in total. The Kier molecular flexibility index (Phi) is 4.47. The Bertz CT molecular complexity index is 1040.